The number of nitrogens with two attached hydrogens (primary N) is 1. The topological polar surface area (TPSA) is 78.9 Å². The maximum absolute atomic E-state index is 11.8. The summed E-state index contributed by atoms with van der Waals surface area (Å²) in [6.45, 7) is 5.69. The van der Waals surface area contributed by atoms with E-state index in [-0.39, 0.29) is 18.2 Å². The van der Waals surface area contributed by atoms with Crippen LogP contribution in [0.1, 0.15) is 46.0 Å². The van der Waals surface area contributed by atoms with Crippen LogP contribution in [-0.2, 0) is 4.79 Å². The molecule has 0 saturated heterocycles. The van der Waals surface area contributed by atoms with E-state index in [2.05, 4.69) is 19.0 Å². The Balaban J connectivity index is 4.19. The standard InChI is InChI=1S/C11H23N3O2/c1-3-5-7-14(8-6-4-2)11(15)9-10(12)13-16/h16H,3-9H2,1-2H3,(H2,12,13). The molecule has 0 aliphatic rings. The average Bonchev–Trinajstić information content (AvgIpc) is 2.28. The van der Waals surface area contributed by atoms with Crippen LogP contribution in [-0.4, -0.2) is 34.9 Å². The van der Waals surface area contributed by atoms with Crippen molar-refractivity contribution in [3.63, 3.8) is 0 Å². The van der Waals surface area contributed by atoms with Gasteiger partial charge in [-0.2, -0.15) is 0 Å². The lowest BCUT2D eigenvalue weighted by Crippen LogP contribution is -2.35. The summed E-state index contributed by atoms with van der Waals surface area (Å²) in [6, 6.07) is 0. The van der Waals surface area contributed by atoms with E-state index in [9.17, 15) is 4.79 Å². The molecule has 0 spiro atoms. The average molecular weight is 229 g/mol. The van der Waals surface area contributed by atoms with Gasteiger partial charge in [-0.05, 0) is 12.8 Å². The van der Waals surface area contributed by atoms with E-state index in [1.165, 1.54) is 0 Å². The third-order valence-electron chi connectivity index (χ3n) is 2.38. The smallest absolute Gasteiger partial charge is 0.230 e. The minimum atomic E-state index is -0.0581. The van der Waals surface area contributed by atoms with Crippen molar-refractivity contribution in [2.75, 3.05) is 13.1 Å². The molecule has 0 rings (SSSR count). The van der Waals surface area contributed by atoms with Crippen LogP contribution in [0.4, 0.5) is 0 Å². The van der Waals surface area contributed by atoms with Crippen LogP contribution < -0.4 is 5.73 Å². The summed E-state index contributed by atoms with van der Waals surface area (Å²) < 4.78 is 0. The van der Waals surface area contributed by atoms with Crippen LogP contribution in [0.25, 0.3) is 0 Å². The molecule has 5 heteroatoms. The van der Waals surface area contributed by atoms with E-state index in [4.69, 9.17) is 10.9 Å². The first kappa shape index (κ1) is 14.7. The quantitative estimate of drug-likeness (QED) is 0.287. The van der Waals surface area contributed by atoms with Gasteiger partial charge in [-0.3, -0.25) is 4.79 Å². The van der Waals surface area contributed by atoms with Gasteiger partial charge in [0.15, 0.2) is 0 Å². The van der Waals surface area contributed by atoms with Gasteiger partial charge < -0.3 is 15.8 Å². The van der Waals surface area contributed by atoms with Crippen LogP contribution in [0.15, 0.2) is 5.16 Å². The fraction of sp³-hybridized carbons (Fsp3) is 0.818. The van der Waals surface area contributed by atoms with E-state index < -0.39 is 0 Å². The Hall–Kier alpha value is -1.26. The minimum absolute atomic E-state index is 0.00390. The molecule has 0 aromatic carbocycles. The van der Waals surface area contributed by atoms with E-state index in [0.29, 0.717) is 0 Å². The van der Waals surface area contributed by atoms with Crippen molar-refractivity contribution in [3.05, 3.63) is 0 Å². The predicted octanol–water partition coefficient (Wildman–Crippen LogP) is 1.55. The summed E-state index contributed by atoms with van der Waals surface area (Å²) in [4.78, 5) is 13.6. The predicted molar refractivity (Wildman–Crippen MR) is 64.4 cm³/mol. The van der Waals surface area contributed by atoms with Crippen LogP contribution in [0.3, 0.4) is 0 Å². The molecule has 0 saturated carbocycles. The third-order valence-corrected chi connectivity index (χ3v) is 2.38. The first-order valence-electron chi connectivity index (χ1n) is 5.89. The van der Waals surface area contributed by atoms with Gasteiger partial charge in [0.25, 0.3) is 0 Å². The molecule has 0 bridgehead atoms. The Morgan fingerprint density at radius 3 is 2.12 bits per heavy atom. The third kappa shape index (κ3) is 6.27. The van der Waals surface area contributed by atoms with Crippen molar-refractivity contribution in [1.29, 1.82) is 0 Å². The monoisotopic (exact) mass is 229 g/mol. The Morgan fingerprint density at radius 1 is 1.25 bits per heavy atom. The molecule has 0 aromatic rings. The number of unbranched alkanes of at least 4 members (excludes halogenated alkanes) is 2. The normalized spacial score (nSPS) is 11.5. The lowest BCUT2D eigenvalue weighted by molar-refractivity contribution is -0.130. The Labute approximate surface area is 97.3 Å². The lowest BCUT2D eigenvalue weighted by atomic mass is 10.2. The van der Waals surface area contributed by atoms with E-state index in [1.54, 1.807) is 4.90 Å². The second-order valence-electron chi connectivity index (χ2n) is 3.86. The summed E-state index contributed by atoms with van der Waals surface area (Å²) in [5, 5.41) is 11.2. The molecule has 3 N–H and O–H groups in total. The van der Waals surface area contributed by atoms with Crippen molar-refractivity contribution in [3.8, 4) is 0 Å². The molecule has 0 atom stereocenters. The second kappa shape index (κ2) is 9.00. The molecule has 0 aromatic heterocycles. The molecule has 0 aliphatic heterocycles. The Morgan fingerprint density at radius 2 is 1.75 bits per heavy atom. The number of oxime groups is 1. The van der Waals surface area contributed by atoms with Crippen LogP contribution in [0.2, 0.25) is 0 Å². The summed E-state index contributed by atoms with van der Waals surface area (Å²) in [6.07, 6.45) is 4.10. The van der Waals surface area contributed by atoms with Gasteiger partial charge in [-0.1, -0.05) is 31.8 Å². The molecule has 5 nitrogen and oxygen atoms in total. The van der Waals surface area contributed by atoms with Crippen molar-refractivity contribution in [1.82, 2.24) is 4.90 Å². The lowest BCUT2D eigenvalue weighted by Gasteiger charge is -2.22. The summed E-state index contributed by atoms with van der Waals surface area (Å²) in [5.41, 5.74) is 5.32. The first-order valence-corrected chi connectivity index (χ1v) is 5.89. The number of carbonyl (C=O) groups excluding carboxylic acids is 1. The number of amidine groups is 1. The molecule has 16 heavy (non-hydrogen) atoms. The van der Waals surface area contributed by atoms with Crippen molar-refractivity contribution in [2.45, 2.75) is 46.0 Å². The van der Waals surface area contributed by atoms with Gasteiger partial charge in [-0.15, -0.1) is 0 Å². The van der Waals surface area contributed by atoms with E-state index in [1.807, 2.05) is 0 Å². The van der Waals surface area contributed by atoms with Gasteiger partial charge in [0.05, 0.1) is 6.42 Å². The zero-order valence-corrected chi connectivity index (χ0v) is 10.3. The van der Waals surface area contributed by atoms with Crippen LogP contribution in [0.5, 0.6) is 0 Å². The highest BCUT2D eigenvalue weighted by Crippen LogP contribution is 2.02. The van der Waals surface area contributed by atoms with Gasteiger partial charge in [0.1, 0.15) is 5.84 Å². The molecular weight excluding hydrogens is 206 g/mol. The highest BCUT2D eigenvalue weighted by Gasteiger charge is 2.13. The zero-order chi connectivity index (χ0) is 12.4. The number of hydrogen-bond acceptors (Lipinski definition) is 3. The second-order valence-corrected chi connectivity index (χ2v) is 3.86. The highest BCUT2D eigenvalue weighted by molar-refractivity contribution is 5.98. The number of amides is 1. The van der Waals surface area contributed by atoms with Gasteiger partial charge in [0, 0.05) is 13.1 Å². The van der Waals surface area contributed by atoms with Crippen molar-refractivity contribution >= 4 is 11.7 Å². The summed E-state index contributed by atoms with van der Waals surface area (Å²) >= 11 is 0. The molecule has 0 radical (unpaired) electrons. The summed E-state index contributed by atoms with van der Waals surface area (Å²) in [7, 11) is 0. The van der Waals surface area contributed by atoms with Crippen LogP contribution >= 0.6 is 0 Å². The van der Waals surface area contributed by atoms with Crippen molar-refractivity contribution in [2.24, 2.45) is 10.9 Å². The van der Waals surface area contributed by atoms with E-state index in [0.717, 1.165) is 38.8 Å². The molecule has 0 heterocycles. The maximum Gasteiger partial charge on any atom is 0.230 e. The fourth-order valence-electron chi connectivity index (χ4n) is 1.36. The van der Waals surface area contributed by atoms with Crippen LogP contribution in [0, 0.1) is 0 Å². The SMILES string of the molecule is CCCCN(CCCC)C(=O)C/C(N)=N/O. The number of hydrogen-bond donors (Lipinski definition) is 2. The van der Waals surface area contributed by atoms with Gasteiger partial charge >= 0.3 is 0 Å². The Bertz CT molecular complexity index is 221. The molecule has 0 aliphatic carbocycles. The van der Waals surface area contributed by atoms with Gasteiger partial charge in [0.2, 0.25) is 5.91 Å². The molecule has 0 unspecified atom stereocenters. The molecule has 0 fully saturated rings. The molecule has 1 amide bonds. The number of carbonyl (C=O) groups is 1. The van der Waals surface area contributed by atoms with Gasteiger partial charge in [-0.25, -0.2) is 0 Å². The summed E-state index contributed by atoms with van der Waals surface area (Å²) in [5.74, 6) is -0.0832. The largest absolute Gasteiger partial charge is 0.409 e. The van der Waals surface area contributed by atoms with Crippen molar-refractivity contribution < 1.29 is 10.0 Å². The maximum atomic E-state index is 11.8. The molecule has 94 valence electrons. The zero-order valence-electron chi connectivity index (χ0n) is 10.3. The minimum Gasteiger partial charge on any atom is -0.409 e. The number of rotatable bonds is 8. The Kier molecular flexibility index (Phi) is 8.29. The highest BCUT2D eigenvalue weighted by atomic mass is 16.4. The van der Waals surface area contributed by atoms with E-state index >= 15 is 0 Å². The fourth-order valence-corrected chi connectivity index (χ4v) is 1.36. The first-order chi connectivity index (χ1) is 7.65. The number of nitrogens with zero attached hydrogens (tertiary/aromatic N) is 2. The molecular formula is C11H23N3O2.